The maximum Gasteiger partial charge on any atom is 0.287 e. The maximum absolute atomic E-state index is 13.6. The Hall–Kier alpha value is -3.62. The number of hydrogen-bond donors (Lipinski definition) is 2. The molecule has 2 aromatic rings. The summed E-state index contributed by atoms with van der Waals surface area (Å²) in [7, 11) is 0. The third kappa shape index (κ3) is 5.76. The van der Waals surface area contributed by atoms with E-state index in [0.29, 0.717) is 25.2 Å². The zero-order chi connectivity index (χ0) is 26.5. The van der Waals surface area contributed by atoms with Crippen molar-refractivity contribution in [3.8, 4) is 0 Å². The number of furan rings is 1. The van der Waals surface area contributed by atoms with Gasteiger partial charge < -0.3 is 24.9 Å². The van der Waals surface area contributed by atoms with Gasteiger partial charge in [-0.05, 0) is 61.8 Å². The molecular weight excluding hydrogens is 484 g/mol. The minimum absolute atomic E-state index is 0.0291. The first kappa shape index (κ1) is 26.0. The number of carbonyl (C=O) groups is 4. The van der Waals surface area contributed by atoms with Gasteiger partial charge in [0, 0.05) is 37.8 Å². The van der Waals surface area contributed by atoms with Gasteiger partial charge in [-0.15, -0.1) is 0 Å². The van der Waals surface area contributed by atoms with E-state index in [0.717, 1.165) is 51.5 Å². The lowest BCUT2D eigenvalue weighted by molar-refractivity contribution is -0.137. The molecule has 2 saturated heterocycles. The molecule has 202 valence electrons. The molecule has 1 aromatic carbocycles. The summed E-state index contributed by atoms with van der Waals surface area (Å²) in [6.45, 7) is 2.61. The van der Waals surface area contributed by atoms with E-state index < -0.39 is 5.91 Å². The van der Waals surface area contributed by atoms with Crippen LogP contribution in [0, 0.1) is 11.3 Å². The SMILES string of the molecule is O=C(NC1CCCCC1C(=O)N1CCC2(CCN(C(=O)CNC(=O)c3ccco3)CC2)C1)c1ccccc1. The molecular formula is C29H36N4O5. The zero-order valence-electron chi connectivity index (χ0n) is 21.7. The van der Waals surface area contributed by atoms with Crippen LogP contribution in [0.2, 0.25) is 0 Å². The second kappa shape index (κ2) is 11.4. The fourth-order valence-electron chi connectivity index (χ4n) is 6.20. The molecule has 0 bridgehead atoms. The molecule has 3 aliphatic rings. The maximum atomic E-state index is 13.6. The minimum Gasteiger partial charge on any atom is -0.459 e. The lowest BCUT2D eigenvalue weighted by Gasteiger charge is -2.40. The van der Waals surface area contributed by atoms with Crippen LogP contribution in [0.3, 0.4) is 0 Å². The van der Waals surface area contributed by atoms with Crippen molar-refractivity contribution in [3.05, 3.63) is 60.1 Å². The monoisotopic (exact) mass is 520 g/mol. The van der Waals surface area contributed by atoms with Gasteiger partial charge in [-0.1, -0.05) is 31.0 Å². The Morgan fingerprint density at radius 3 is 2.29 bits per heavy atom. The van der Waals surface area contributed by atoms with Crippen molar-refractivity contribution in [2.45, 2.75) is 51.0 Å². The standard InChI is InChI=1S/C29H36N4O5/c34-25(19-30-27(36)24-11-6-18-38-24)32-15-12-29(13-16-32)14-17-33(20-29)28(37)22-9-4-5-10-23(22)31-26(35)21-7-2-1-3-8-21/h1-3,6-8,11,18,22-23H,4-5,9-10,12-17,19-20H2,(H,30,36)(H,31,35). The van der Waals surface area contributed by atoms with Gasteiger partial charge in [-0.3, -0.25) is 19.2 Å². The van der Waals surface area contributed by atoms with Crippen molar-refractivity contribution in [2.75, 3.05) is 32.7 Å². The van der Waals surface area contributed by atoms with E-state index in [-0.39, 0.29) is 47.4 Å². The Kier molecular flexibility index (Phi) is 7.81. The number of piperidine rings is 1. The Morgan fingerprint density at radius 1 is 0.868 bits per heavy atom. The van der Waals surface area contributed by atoms with Crippen molar-refractivity contribution in [2.24, 2.45) is 11.3 Å². The van der Waals surface area contributed by atoms with Crippen LogP contribution in [0.25, 0.3) is 0 Å². The van der Waals surface area contributed by atoms with Crippen molar-refractivity contribution < 1.29 is 23.6 Å². The molecule has 2 atom stereocenters. The van der Waals surface area contributed by atoms with Gasteiger partial charge in [0.15, 0.2) is 5.76 Å². The molecule has 3 heterocycles. The Morgan fingerprint density at radius 2 is 1.58 bits per heavy atom. The van der Waals surface area contributed by atoms with Crippen LogP contribution < -0.4 is 10.6 Å². The Labute approximate surface area is 222 Å². The van der Waals surface area contributed by atoms with E-state index in [9.17, 15) is 19.2 Å². The summed E-state index contributed by atoms with van der Waals surface area (Å²) in [5.74, 6) is -0.478. The molecule has 9 heteroatoms. The smallest absolute Gasteiger partial charge is 0.287 e. The van der Waals surface area contributed by atoms with E-state index in [4.69, 9.17) is 4.42 Å². The molecule has 5 rings (SSSR count). The molecule has 1 aromatic heterocycles. The lowest BCUT2D eigenvalue weighted by atomic mass is 9.77. The average molecular weight is 521 g/mol. The molecule has 1 spiro atoms. The number of hydrogen-bond acceptors (Lipinski definition) is 5. The number of nitrogens with one attached hydrogen (secondary N) is 2. The van der Waals surface area contributed by atoms with Gasteiger partial charge in [0.1, 0.15) is 0 Å². The molecule has 0 radical (unpaired) electrons. The summed E-state index contributed by atoms with van der Waals surface area (Å²) in [6.07, 6.45) is 7.67. The highest BCUT2D eigenvalue weighted by Gasteiger charge is 2.45. The number of amides is 4. The number of carbonyl (C=O) groups excluding carboxylic acids is 4. The van der Waals surface area contributed by atoms with Crippen LogP contribution in [-0.2, 0) is 9.59 Å². The Bertz CT molecular complexity index is 1140. The second-order valence-electron chi connectivity index (χ2n) is 10.9. The predicted octanol–water partition coefficient (Wildman–Crippen LogP) is 2.84. The summed E-state index contributed by atoms with van der Waals surface area (Å²) in [5.41, 5.74) is 0.646. The topological polar surface area (TPSA) is 112 Å². The van der Waals surface area contributed by atoms with Crippen molar-refractivity contribution in [3.63, 3.8) is 0 Å². The summed E-state index contributed by atoms with van der Waals surface area (Å²) in [6, 6.07) is 12.2. The van der Waals surface area contributed by atoms with Crippen LogP contribution in [0.4, 0.5) is 0 Å². The van der Waals surface area contributed by atoms with E-state index in [1.54, 1.807) is 29.2 Å². The van der Waals surface area contributed by atoms with Gasteiger partial charge in [0.25, 0.3) is 11.8 Å². The van der Waals surface area contributed by atoms with E-state index in [1.165, 1.54) is 6.26 Å². The highest BCUT2D eigenvalue weighted by atomic mass is 16.3. The average Bonchev–Trinajstić information content (AvgIpc) is 3.64. The van der Waals surface area contributed by atoms with Crippen LogP contribution in [-0.4, -0.2) is 72.2 Å². The molecule has 1 aliphatic carbocycles. The van der Waals surface area contributed by atoms with E-state index in [2.05, 4.69) is 10.6 Å². The van der Waals surface area contributed by atoms with E-state index >= 15 is 0 Å². The van der Waals surface area contributed by atoms with Crippen LogP contribution in [0.1, 0.15) is 65.9 Å². The Balaban J connectivity index is 1.12. The zero-order valence-corrected chi connectivity index (χ0v) is 21.7. The van der Waals surface area contributed by atoms with Crippen LogP contribution >= 0.6 is 0 Å². The van der Waals surface area contributed by atoms with Crippen molar-refractivity contribution in [1.82, 2.24) is 20.4 Å². The fourth-order valence-corrected chi connectivity index (χ4v) is 6.20. The predicted molar refractivity (Wildman–Crippen MR) is 140 cm³/mol. The highest BCUT2D eigenvalue weighted by Crippen LogP contribution is 2.41. The molecule has 4 amide bonds. The molecule has 2 aliphatic heterocycles. The number of nitrogens with zero attached hydrogens (tertiary/aromatic N) is 2. The van der Waals surface area contributed by atoms with Gasteiger partial charge in [0.05, 0.1) is 18.7 Å². The summed E-state index contributed by atoms with van der Waals surface area (Å²) < 4.78 is 5.07. The first-order valence-corrected chi connectivity index (χ1v) is 13.7. The van der Waals surface area contributed by atoms with Crippen LogP contribution in [0.15, 0.2) is 53.1 Å². The van der Waals surface area contributed by atoms with Crippen molar-refractivity contribution in [1.29, 1.82) is 0 Å². The van der Waals surface area contributed by atoms with Gasteiger partial charge in [-0.25, -0.2) is 0 Å². The summed E-state index contributed by atoms with van der Waals surface area (Å²) in [4.78, 5) is 54.9. The molecule has 1 saturated carbocycles. The van der Waals surface area contributed by atoms with Crippen molar-refractivity contribution >= 4 is 23.6 Å². The largest absolute Gasteiger partial charge is 0.459 e. The molecule has 2 N–H and O–H groups in total. The fraction of sp³-hybridized carbons (Fsp3) is 0.517. The van der Waals surface area contributed by atoms with E-state index in [1.807, 2.05) is 23.1 Å². The molecule has 38 heavy (non-hydrogen) atoms. The third-order valence-electron chi connectivity index (χ3n) is 8.51. The van der Waals surface area contributed by atoms with Gasteiger partial charge in [-0.2, -0.15) is 0 Å². The summed E-state index contributed by atoms with van der Waals surface area (Å²) in [5, 5.41) is 5.76. The van der Waals surface area contributed by atoms with Crippen LogP contribution in [0.5, 0.6) is 0 Å². The minimum atomic E-state index is -0.400. The van der Waals surface area contributed by atoms with Gasteiger partial charge in [0.2, 0.25) is 11.8 Å². The molecule has 3 fully saturated rings. The number of rotatable bonds is 6. The lowest BCUT2D eigenvalue weighted by Crippen LogP contribution is -2.50. The second-order valence-corrected chi connectivity index (χ2v) is 10.9. The first-order chi connectivity index (χ1) is 18.4. The molecule has 2 unspecified atom stereocenters. The quantitative estimate of drug-likeness (QED) is 0.608. The number of benzene rings is 1. The highest BCUT2D eigenvalue weighted by molar-refractivity contribution is 5.95. The summed E-state index contributed by atoms with van der Waals surface area (Å²) >= 11 is 0. The normalized spacial score (nSPS) is 22.7. The first-order valence-electron chi connectivity index (χ1n) is 13.7. The van der Waals surface area contributed by atoms with Gasteiger partial charge >= 0.3 is 0 Å². The number of likely N-dealkylation sites (tertiary alicyclic amines) is 2. The molecule has 9 nitrogen and oxygen atoms in total. The third-order valence-corrected chi connectivity index (χ3v) is 8.51.